The second kappa shape index (κ2) is 17.0. The Labute approximate surface area is 361 Å². The summed E-state index contributed by atoms with van der Waals surface area (Å²) in [4.78, 5) is 2.36. The summed E-state index contributed by atoms with van der Waals surface area (Å²) in [5.41, 5.74) is 14.1. The fraction of sp³-hybridized carbons (Fsp3) is 0.0169. The molecule has 0 saturated heterocycles. The Morgan fingerprint density at radius 1 is 0.377 bits per heavy atom. The predicted octanol–water partition coefficient (Wildman–Crippen LogP) is 15.4. The molecule has 0 amide bonds. The molecule has 0 fully saturated rings. The van der Waals surface area contributed by atoms with Gasteiger partial charge in [-0.15, -0.1) is 11.3 Å². The van der Waals surface area contributed by atoms with Crippen LogP contribution in [-0.4, -0.2) is 0 Å². The van der Waals surface area contributed by atoms with E-state index < -0.39 is 0 Å². The van der Waals surface area contributed by atoms with E-state index in [0.29, 0.717) is 0 Å². The minimum atomic E-state index is 1.09. The summed E-state index contributed by atoms with van der Waals surface area (Å²) in [6.07, 6.45) is 8.57. The molecule has 1 aromatic heterocycles. The molecular weight excluding hydrogens is 755 g/mol. The van der Waals surface area contributed by atoms with Crippen LogP contribution in [0.2, 0.25) is 0 Å². The maximum absolute atomic E-state index is 2.36. The summed E-state index contributed by atoms with van der Waals surface area (Å²) in [6.45, 7) is 2.05. The lowest BCUT2D eigenvalue weighted by atomic mass is 9.91. The average molecular weight is 798 g/mol. The van der Waals surface area contributed by atoms with Crippen molar-refractivity contribution in [3.8, 4) is 44.5 Å². The molecule has 290 valence electrons. The lowest BCUT2D eigenvalue weighted by Crippen LogP contribution is -2.23. The van der Waals surface area contributed by atoms with Gasteiger partial charge in [0.15, 0.2) is 0 Å². The number of allylic oxidation sites excluding steroid dienone is 2. The van der Waals surface area contributed by atoms with Gasteiger partial charge in [-0.05, 0) is 134 Å². The largest absolute Gasteiger partial charge is 0.311 e. The zero-order valence-corrected chi connectivity index (χ0v) is 34.8. The fourth-order valence-corrected chi connectivity index (χ4v) is 9.39. The van der Waals surface area contributed by atoms with Crippen molar-refractivity contribution in [1.82, 2.24) is 0 Å². The van der Waals surface area contributed by atoms with E-state index in [4.69, 9.17) is 0 Å². The van der Waals surface area contributed by atoms with Crippen molar-refractivity contribution in [2.75, 3.05) is 4.90 Å². The Morgan fingerprint density at radius 3 is 1.54 bits per heavy atom. The van der Waals surface area contributed by atoms with Crippen molar-refractivity contribution in [2.45, 2.75) is 6.92 Å². The minimum Gasteiger partial charge on any atom is -0.311 e. The van der Waals surface area contributed by atoms with Gasteiger partial charge in [-0.2, -0.15) is 0 Å². The number of hydrogen-bond donors (Lipinski definition) is 0. The van der Waals surface area contributed by atoms with Gasteiger partial charge in [0.2, 0.25) is 0 Å². The van der Waals surface area contributed by atoms with Crippen LogP contribution in [0.3, 0.4) is 0 Å². The highest BCUT2D eigenvalue weighted by Gasteiger charge is 2.15. The highest BCUT2D eigenvalue weighted by Crippen LogP contribution is 2.40. The molecule has 10 rings (SSSR count). The van der Waals surface area contributed by atoms with Crippen LogP contribution >= 0.6 is 11.3 Å². The molecule has 0 radical (unpaired) electrons. The third kappa shape index (κ3) is 7.85. The molecule has 0 aliphatic heterocycles. The van der Waals surface area contributed by atoms with Gasteiger partial charge >= 0.3 is 0 Å². The Hall–Kier alpha value is -7.52. The van der Waals surface area contributed by atoms with Crippen LogP contribution in [0, 0.1) is 0 Å². The first kappa shape index (κ1) is 37.7. The molecule has 0 aliphatic rings. The van der Waals surface area contributed by atoms with E-state index in [2.05, 4.69) is 248 Å². The van der Waals surface area contributed by atoms with Gasteiger partial charge in [0.1, 0.15) is 0 Å². The van der Waals surface area contributed by atoms with Crippen molar-refractivity contribution in [1.29, 1.82) is 0 Å². The van der Waals surface area contributed by atoms with E-state index in [-0.39, 0.29) is 0 Å². The molecule has 0 unspecified atom stereocenters. The van der Waals surface area contributed by atoms with E-state index in [1.807, 2.05) is 18.3 Å². The van der Waals surface area contributed by atoms with E-state index in [9.17, 15) is 0 Å². The molecule has 0 atom stereocenters. The van der Waals surface area contributed by atoms with E-state index in [0.717, 1.165) is 22.6 Å². The van der Waals surface area contributed by atoms with Gasteiger partial charge in [0.25, 0.3) is 0 Å². The number of fused-ring (bicyclic) bond motifs is 3. The molecule has 1 nitrogen and oxygen atoms in total. The number of anilines is 3. The molecule has 0 saturated carbocycles. The second-order valence-electron chi connectivity index (χ2n) is 15.3. The van der Waals surface area contributed by atoms with Gasteiger partial charge in [-0.1, -0.05) is 176 Å². The van der Waals surface area contributed by atoms with Gasteiger partial charge in [-0.3, -0.25) is 0 Å². The first-order valence-corrected chi connectivity index (χ1v) is 21.7. The van der Waals surface area contributed by atoms with Crippen molar-refractivity contribution in [2.24, 2.45) is 0 Å². The summed E-state index contributed by atoms with van der Waals surface area (Å²) in [7, 11) is 0. The summed E-state index contributed by atoms with van der Waals surface area (Å²) < 4.78 is 2.65. The normalized spacial score (nSPS) is 12.1. The van der Waals surface area contributed by atoms with Crippen molar-refractivity contribution in [3.63, 3.8) is 0 Å². The Morgan fingerprint density at radius 2 is 0.885 bits per heavy atom. The van der Waals surface area contributed by atoms with Crippen molar-refractivity contribution < 1.29 is 0 Å². The average Bonchev–Trinajstić information content (AvgIpc) is 3.71. The third-order valence-corrected chi connectivity index (χ3v) is 12.6. The molecule has 9 aromatic carbocycles. The van der Waals surface area contributed by atoms with Gasteiger partial charge < -0.3 is 4.90 Å². The maximum atomic E-state index is 2.36. The number of thiophene rings is 1. The molecule has 10 aromatic rings. The lowest BCUT2D eigenvalue weighted by Gasteiger charge is -2.26. The molecule has 1 heterocycles. The molecule has 0 spiro atoms. The van der Waals surface area contributed by atoms with Gasteiger partial charge in [0.05, 0.1) is 0 Å². The SMILES string of the molecule is C\C=C/C=c1/cccc/c1=C\c1ccc(N(c2ccc(-c3ccc(-c4ccccc4)c(-c4ccccc4)c3)cc2)c2ccc(-c3ccc4sc5ccccc5c4c3)cc2)cc1. The monoisotopic (exact) mass is 797 g/mol. The number of hydrogen-bond acceptors (Lipinski definition) is 2. The molecule has 0 aliphatic carbocycles. The highest BCUT2D eigenvalue weighted by atomic mass is 32.1. The smallest absolute Gasteiger partial charge is 0.0462 e. The molecule has 0 N–H and O–H groups in total. The Kier molecular flexibility index (Phi) is 10.5. The molecule has 2 heteroatoms. The van der Waals surface area contributed by atoms with Crippen LogP contribution in [0.5, 0.6) is 0 Å². The zero-order valence-electron chi connectivity index (χ0n) is 33.9. The molecular formula is C59H43NS. The van der Waals surface area contributed by atoms with Crippen LogP contribution in [0.15, 0.2) is 231 Å². The van der Waals surface area contributed by atoms with Crippen molar-refractivity contribution in [3.05, 3.63) is 247 Å². The van der Waals surface area contributed by atoms with Crippen LogP contribution in [0.25, 0.3) is 76.8 Å². The van der Waals surface area contributed by atoms with Crippen LogP contribution in [0.4, 0.5) is 17.1 Å². The lowest BCUT2D eigenvalue weighted by molar-refractivity contribution is 1.28. The van der Waals surface area contributed by atoms with E-state index in [1.54, 1.807) is 0 Å². The number of benzene rings is 9. The summed E-state index contributed by atoms with van der Waals surface area (Å²) in [5, 5.41) is 5.02. The topological polar surface area (TPSA) is 3.24 Å². The fourth-order valence-electron chi connectivity index (χ4n) is 8.30. The number of rotatable bonds is 9. The predicted molar refractivity (Wildman–Crippen MR) is 264 cm³/mol. The van der Waals surface area contributed by atoms with Crippen molar-refractivity contribution >= 4 is 60.7 Å². The summed E-state index contributed by atoms with van der Waals surface area (Å²) in [5.74, 6) is 0. The Bertz CT molecular complexity index is 3270. The first-order valence-electron chi connectivity index (χ1n) is 20.9. The first-order chi connectivity index (χ1) is 30.2. The minimum absolute atomic E-state index is 1.09. The van der Waals surface area contributed by atoms with E-state index in [1.165, 1.54) is 75.1 Å². The standard InChI is InChI=1S/C59H43NS/c1-2-3-14-43-15-10-11-20-48(43)39-42-23-31-51(32-24-42)60(53-35-27-45(28-36-53)50-30-38-59-57(41-50)55-21-12-13-22-58(55)61-59)52-33-25-44(26-34-52)49-29-37-54(46-16-6-4-7-17-46)56(40-49)47-18-8-5-9-19-47/h2-41H,1H3/b3-2-,43-14-,48-39+. The quantitative estimate of drug-likeness (QED) is 0.141. The molecule has 0 bridgehead atoms. The Balaban J connectivity index is 1.03. The van der Waals surface area contributed by atoms with Crippen LogP contribution < -0.4 is 15.3 Å². The third-order valence-electron chi connectivity index (χ3n) is 11.4. The zero-order chi connectivity index (χ0) is 41.0. The second-order valence-corrected chi connectivity index (χ2v) is 16.4. The van der Waals surface area contributed by atoms with Crippen LogP contribution in [-0.2, 0) is 0 Å². The van der Waals surface area contributed by atoms with Gasteiger partial charge in [-0.25, -0.2) is 0 Å². The highest BCUT2D eigenvalue weighted by molar-refractivity contribution is 7.25. The van der Waals surface area contributed by atoms with Crippen LogP contribution in [0.1, 0.15) is 12.5 Å². The molecule has 61 heavy (non-hydrogen) atoms. The summed E-state index contributed by atoms with van der Waals surface area (Å²) in [6, 6.07) is 79.3. The van der Waals surface area contributed by atoms with E-state index >= 15 is 0 Å². The maximum Gasteiger partial charge on any atom is 0.0462 e. The van der Waals surface area contributed by atoms with Gasteiger partial charge in [0, 0.05) is 37.2 Å². The number of nitrogens with zero attached hydrogens (tertiary/aromatic N) is 1. The summed E-state index contributed by atoms with van der Waals surface area (Å²) >= 11 is 1.86.